The maximum atomic E-state index is 11.0. The van der Waals surface area contributed by atoms with Gasteiger partial charge in [-0.25, -0.2) is 9.78 Å². The van der Waals surface area contributed by atoms with Crippen molar-refractivity contribution in [2.24, 2.45) is 5.92 Å². The molecule has 0 saturated carbocycles. The molecule has 1 aliphatic rings. The zero-order valence-electron chi connectivity index (χ0n) is 10.1. The third-order valence-corrected chi connectivity index (χ3v) is 3.23. The Hall–Kier alpha value is -1.33. The van der Waals surface area contributed by atoms with Crippen LogP contribution in [0.3, 0.4) is 0 Å². The molecule has 98 valence electrons. The molecule has 1 atom stereocenters. The van der Waals surface area contributed by atoms with Gasteiger partial charge in [0.05, 0.1) is 12.2 Å². The predicted molar refractivity (Wildman–Crippen MR) is 68.4 cm³/mol. The van der Waals surface area contributed by atoms with Crippen LogP contribution < -0.4 is 4.90 Å². The van der Waals surface area contributed by atoms with Crippen molar-refractivity contribution in [2.45, 2.75) is 6.42 Å². The number of methoxy groups -OCH3 is 1. The summed E-state index contributed by atoms with van der Waals surface area (Å²) in [5.41, 5.74) is 0.167. The number of nitrogens with zero attached hydrogens (tertiary/aromatic N) is 2. The second-order valence-electron chi connectivity index (χ2n) is 4.40. The van der Waals surface area contributed by atoms with Gasteiger partial charge in [-0.15, -0.1) is 0 Å². The third kappa shape index (κ3) is 2.91. The minimum Gasteiger partial charge on any atom is -0.478 e. The fourth-order valence-electron chi connectivity index (χ4n) is 2.18. The van der Waals surface area contributed by atoms with Gasteiger partial charge in [0.2, 0.25) is 0 Å². The van der Waals surface area contributed by atoms with Gasteiger partial charge in [-0.1, -0.05) is 11.6 Å². The SMILES string of the molecule is COCC1CCN(c2cc(C(=O)O)cc(Cl)n2)C1. The topological polar surface area (TPSA) is 62.7 Å². The Morgan fingerprint density at radius 3 is 3.11 bits per heavy atom. The molecule has 2 rings (SSSR count). The van der Waals surface area contributed by atoms with Gasteiger partial charge in [-0.05, 0) is 18.6 Å². The van der Waals surface area contributed by atoms with Crippen LogP contribution in [0, 0.1) is 5.92 Å². The van der Waals surface area contributed by atoms with Crippen LogP contribution >= 0.6 is 11.6 Å². The molecule has 2 heterocycles. The van der Waals surface area contributed by atoms with E-state index in [4.69, 9.17) is 21.4 Å². The molecule has 18 heavy (non-hydrogen) atoms. The number of pyridine rings is 1. The zero-order chi connectivity index (χ0) is 13.1. The van der Waals surface area contributed by atoms with Crippen LogP contribution in [0.4, 0.5) is 5.82 Å². The summed E-state index contributed by atoms with van der Waals surface area (Å²) < 4.78 is 5.13. The summed E-state index contributed by atoms with van der Waals surface area (Å²) in [6.45, 7) is 2.38. The van der Waals surface area contributed by atoms with E-state index < -0.39 is 5.97 Å². The number of aromatic nitrogens is 1. The number of carbonyl (C=O) groups is 1. The second-order valence-corrected chi connectivity index (χ2v) is 4.79. The molecule has 0 amide bonds. The molecule has 0 aromatic carbocycles. The van der Waals surface area contributed by atoms with Gasteiger partial charge in [0.15, 0.2) is 0 Å². The lowest BCUT2D eigenvalue weighted by Gasteiger charge is -2.18. The highest BCUT2D eigenvalue weighted by Gasteiger charge is 2.24. The van der Waals surface area contributed by atoms with E-state index in [9.17, 15) is 4.79 Å². The van der Waals surface area contributed by atoms with Crippen LogP contribution in [0.25, 0.3) is 0 Å². The largest absolute Gasteiger partial charge is 0.478 e. The fraction of sp³-hybridized carbons (Fsp3) is 0.500. The van der Waals surface area contributed by atoms with Crippen molar-refractivity contribution in [2.75, 3.05) is 31.7 Å². The summed E-state index contributed by atoms with van der Waals surface area (Å²) in [6.07, 6.45) is 1.02. The third-order valence-electron chi connectivity index (χ3n) is 3.04. The monoisotopic (exact) mass is 270 g/mol. The molecule has 1 aliphatic heterocycles. The van der Waals surface area contributed by atoms with Crippen LogP contribution in [-0.4, -0.2) is 42.9 Å². The van der Waals surface area contributed by atoms with Crippen molar-refractivity contribution < 1.29 is 14.6 Å². The van der Waals surface area contributed by atoms with Crippen LogP contribution in [0.2, 0.25) is 5.15 Å². The van der Waals surface area contributed by atoms with E-state index in [0.29, 0.717) is 18.3 Å². The highest BCUT2D eigenvalue weighted by molar-refractivity contribution is 6.29. The number of rotatable bonds is 4. The quantitative estimate of drug-likeness (QED) is 0.847. The van der Waals surface area contributed by atoms with Gasteiger partial charge in [-0.2, -0.15) is 0 Å². The van der Waals surface area contributed by atoms with E-state index in [2.05, 4.69) is 4.98 Å². The van der Waals surface area contributed by atoms with Crippen molar-refractivity contribution in [3.63, 3.8) is 0 Å². The van der Waals surface area contributed by atoms with Gasteiger partial charge >= 0.3 is 5.97 Å². The summed E-state index contributed by atoms with van der Waals surface area (Å²) in [5.74, 6) is 0.0933. The molecule has 1 aromatic heterocycles. The molecule has 0 radical (unpaired) electrons. The molecule has 0 spiro atoms. The fourth-order valence-corrected chi connectivity index (χ4v) is 2.39. The Balaban J connectivity index is 2.16. The predicted octanol–water partition coefficient (Wildman–Crippen LogP) is 1.91. The molecule has 1 aromatic rings. The molecular weight excluding hydrogens is 256 g/mol. The summed E-state index contributed by atoms with van der Waals surface area (Å²) in [4.78, 5) is 17.2. The molecule has 1 fully saturated rings. The van der Waals surface area contributed by atoms with E-state index in [0.717, 1.165) is 19.5 Å². The van der Waals surface area contributed by atoms with Gasteiger partial charge in [0.1, 0.15) is 11.0 Å². The number of ether oxygens (including phenoxy) is 1. The van der Waals surface area contributed by atoms with Crippen molar-refractivity contribution in [3.05, 3.63) is 22.8 Å². The molecule has 5 nitrogen and oxygen atoms in total. The Morgan fingerprint density at radius 1 is 1.67 bits per heavy atom. The molecule has 1 saturated heterocycles. The minimum atomic E-state index is -0.992. The highest BCUT2D eigenvalue weighted by atomic mass is 35.5. The smallest absolute Gasteiger partial charge is 0.335 e. The van der Waals surface area contributed by atoms with E-state index >= 15 is 0 Å². The van der Waals surface area contributed by atoms with Gasteiger partial charge < -0.3 is 14.7 Å². The second kappa shape index (κ2) is 5.54. The number of halogens is 1. The summed E-state index contributed by atoms with van der Waals surface area (Å²) >= 11 is 5.84. The van der Waals surface area contributed by atoms with Crippen molar-refractivity contribution in [1.82, 2.24) is 4.98 Å². The summed E-state index contributed by atoms with van der Waals surface area (Å²) in [5, 5.41) is 9.20. The van der Waals surface area contributed by atoms with Crippen LogP contribution in [0.5, 0.6) is 0 Å². The van der Waals surface area contributed by atoms with E-state index in [1.807, 2.05) is 4.90 Å². The van der Waals surface area contributed by atoms with Crippen molar-refractivity contribution in [3.8, 4) is 0 Å². The number of anilines is 1. The average Bonchev–Trinajstić information content (AvgIpc) is 2.77. The minimum absolute atomic E-state index is 0.167. The normalized spacial score (nSPS) is 19.2. The van der Waals surface area contributed by atoms with E-state index in [1.165, 1.54) is 6.07 Å². The Kier molecular flexibility index (Phi) is 4.04. The Bertz CT molecular complexity index is 453. The molecule has 1 unspecified atom stereocenters. The maximum absolute atomic E-state index is 11.0. The first-order valence-electron chi connectivity index (χ1n) is 5.75. The first-order valence-corrected chi connectivity index (χ1v) is 6.12. The molecule has 1 N–H and O–H groups in total. The van der Waals surface area contributed by atoms with Gasteiger partial charge in [-0.3, -0.25) is 0 Å². The van der Waals surface area contributed by atoms with Crippen LogP contribution in [0.1, 0.15) is 16.8 Å². The lowest BCUT2D eigenvalue weighted by atomic mass is 10.1. The summed E-state index contributed by atoms with van der Waals surface area (Å²) in [6, 6.07) is 2.92. The lowest BCUT2D eigenvalue weighted by molar-refractivity contribution is 0.0697. The molecule has 0 aliphatic carbocycles. The van der Waals surface area contributed by atoms with Gasteiger partial charge in [0.25, 0.3) is 0 Å². The van der Waals surface area contributed by atoms with Gasteiger partial charge in [0, 0.05) is 26.1 Å². The Labute approximate surface area is 110 Å². The maximum Gasteiger partial charge on any atom is 0.335 e. The number of hydrogen-bond acceptors (Lipinski definition) is 4. The number of carboxylic acids is 1. The number of aromatic carboxylic acids is 1. The van der Waals surface area contributed by atoms with E-state index in [-0.39, 0.29) is 10.7 Å². The number of hydrogen-bond donors (Lipinski definition) is 1. The average molecular weight is 271 g/mol. The summed E-state index contributed by atoms with van der Waals surface area (Å²) in [7, 11) is 1.68. The number of carboxylic acid groups (broad SMARTS) is 1. The molecule has 6 heteroatoms. The van der Waals surface area contributed by atoms with E-state index in [1.54, 1.807) is 13.2 Å². The molecular formula is C12H15ClN2O3. The van der Waals surface area contributed by atoms with Crippen molar-refractivity contribution >= 4 is 23.4 Å². The first kappa shape index (κ1) is 13.1. The first-order chi connectivity index (χ1) is 8.60. The van der Waals surface area contributed by atoms with Crippen LogP contribution in [0.15, 0.2) is 12.1 Å². The standard InChI is InChI=1S/C12H15ClN2O3/c1-18-7-8-2-3-15(6-8)11-5-9(12(16)17)4-10(13)14-11/h4-5,8H,2-3,6-7H2,1H3,(H,16,17). The van der Waals surface area contributed by atoms with Crippen LogP contribution in [-0.2, 0) is 4.74 Å². The zero-order valence-corrected chi connectivity index (χ0v) is 10.9. The lowest BCUT2D eigenvalue weighted by Crippen LogP contribution is -2.22. The Morgan fingerprint density at radius 2 is 2.44 bits per heavy atom. The van der Waals surface area contributed by atoms with Crippen molar-refractivity contribution in [1.29, 1.82) is 0 Å². The highest BCUT2D eigenvalue weighted by Crippen LogP contribution is 2.25. The molecule has 0 bridgehead atoms.